The first-order valence-electron chi connectivity index (χ1n) is 9.21. The molecule has 0 aliphatic carbocycles. The summed E-state index contributed by atoms with van der Waals surface area (Å²) in [4.78, 5) is 25.7. The Bertz CT molecular complexity index is 714. The van der Waals surface area contributed by atoms with E-state index in [0.29, 0.717) is 12.0 Å². The Morgan fingerprint density at radius 3 is 2.43 bits per heavy atom. The fourth-order valence-corrected chi connectivity index (χ4v) is 3.55. The molecule has 6 nitrogen and oxygen atoms in total. The van der Waals surface area contributed by atoms with Gasteiger partial charge in [0.1, 0.15) is 13.4 Å². The molecule has 28 heavy (non-hydrogen) atoms. The molecule has 1 amide bonds. The van der Waals surface area contributed by atoms with Gasteiger partial charge < -0.3 is 21.5 Å². The Kier molecular flexibility index (Phi) is 6.77. The second-order valence-electron chi connectivity index (χ2n) is 7.41. The van der Waals surface area contributed by atoms with Gasteiger partial charge in [0.05, 0.1) is 11.6 Å². The number of nitrogens with two attached hydrogens (primary N) is 2. The second-order valence-corrected chi connectivity index (χ2v) is 7.41. The number of alkyl halides is 3. The van der Waals surface area contributed by atoms with Gasteiger partial charge in [0.2, 0.25) is 5.91 Å². The molecule has 0 radical (unpaired) electrons. The SMILES string of the molecule is BCCC[C@H]1CN(C(=O)C(N)Cc2ccc(C(F)(F)F)cc2)C[C@@]1(N)C(=O)O. The lowest BCUT2D eigenvalue weighted by Crippen LogP contribution is -2.55. The van der Waals surface area contributed by atoms with Crippen molar-refractivity contribution in [2.75, 3.05) is 13.1 Å². The topological polar surface area (TPSA) is 110 Å². The number of carboxylic acids is 1. The number of likely N-dealkylation sites (tertiary alicyclic amines) is 1. The number of carbonyl (C=O) groups is 2. The number of carbonyl (C=O) groups excluding carboxylic acids is 1. The number of rotatable bonds is 7. The molecule has 0 aromatic heterocycles. The van der Waals surface area contributed by atoms with E-state index in [1.54, 1.807) is 0 Å². The Morgan fingerprint density at radius 1 is 1.32 bits per heavy atom. The molecule has 1 heterocycles. The van der Waals surface area contributed by atoms with Crippen LogP contribution in [0.25, 0.3) is 0 Å². The summed E-state index contributed by atoms with van der Waals surface area (Å²) in [7, 11) is 1.98. The summed E-state index contributed by atoms with van der Waals surface area (Å²) >= 11 is 0. The molecular weight excluding hydrogens is 374 g/mol. The van der Waals surface area contributed by atoms with E-state index in [0.717, 1.165) is 24.9 Å². The van der Waals surface area contributed by atoms with E-state index in [4.69, 9.17) is 11.5 Å². The summed E-state index contributed by atoms with van der Waals surface area (Å²) in [6.07, 6.45) is -2.10. The monoisotopic (exact) mass is 399 g/mol. The molecular formula is C18H25BF3N3O3. The lowest BCUT2D eigenvalue weighted by molar-refractivity contribution is -0.144. The van der Waals surface area contributed by atoms with E-state index in [1.807, 2.05) is 7.85 Å². The number of halogens is 3. The minimum absolute atomic E-state index is 0.0533. The Hall–Kier alpha value is -2.07. The third-order valence-corrected chi connectivity index (χ3v) is 5.29. The number of hydrogen-bond acceptors (Lipinski definition) is 4. The van der Waals surface area contributed by atoms with Crippen molar-refractivity contribution < 1.29 is 27.9 Å². The molecule has 3 atom stereocenters. The van der Waals surface area contributed by atoms with Crippen molar-refractivity contribution in [3.05, 3.63) is 35.4 Å². The van der Waals surface area contributed by atoms with E-state index in [1.165, 1.54) is 17.0 Å². The largest absolute Gasteiger partial charge is 0.480 e. The van der Waals surface area contributed by atoms with Crippen LogP contribution in [0.3, 0.4) is 0 Å². The third-order valence-electron chi connectivity index (χ3n) is 5.29. The van der Waals surface area contributed by atoms with Crippen LogP contribution in [0.4, 0.5) is 13.2 Å². The zero-order chi connectivity index (χ0) is 21.1. The first-order chi connectivity index (χ1) is 13.0. The summed E-state index contributed by atoms with van der Waals surface area (Å²) < 4.78 is 37.9. The van der Waals surface area contributed by atoms with E-state index in [2.05, 4.69) is 0 Å². The van der Waals surface area contributed by atoms with Gasteiger partial charge in [-0.3, -0.25) is 9.59 Å². The predicted molar refractivity (Wildman–Crippen MR) is 100 cm³/mol. The minimum Gasteiger partial charge on any atom is -0.480 e. The molecule has 0 spiro atoms. The van der Waals surface area contributed by atoms with E-state index in [9.17, 15) is 27.9 Å². The summed E-state index contributed by atoms with van der Waals surface area (Å²) in [5.74, 6) is -1.97. The van der Waals surface area contributed by atoms with Gasteiger partial charge in [-0.15, -0.1) is 0 Å². The predicted octanol–water partition coefficient (Wildman–Crippen LogP) is 0.647. The van der Waals surface area contributed by atoms with Crippen molar-refractivity contribution in [3.8, 4) is 0 Å². The number of carboxylic acid groups (broad SMARTS) is 1. The zero-order valence-electron chi connectivity index (χ0n) is 15.7. The van der Waals surface area contributed by atoms with Crippen molar-refractivity contribution in [3.63, 3.8) is 0 Å². The lowest BCUT2D eigenvalue weighted by Gasteiger charge is -2.25. The fraction of sp³-hybridized carbons (Fsp3) is 0.556. The van der Waals surface area contributed by atoms with Crippen LogP contribution >= 0.6 is 0 Å². The normalized spacial score (nSPS) is 23.6. The zero-order valence-corrected chi connectivity index (χ0v) is 15.7. The van der Waals surface area contributed by atoms with Crippen molar-refractivity contribution >= 4 is 19.7 Å². The molecule has 1 unspecified atom stereocenters. The van der Waals surface area contributed by atoms with Gasteiger partial charge in [0.15, 0.2) is 0 Å². The summed E-state index contributed by atoms with van der Waals surface area (Å²) in [6.45, 7) is 0.0819. The average Bonchev–Trinajstić information content (AvgIpc) is 2.97. The highest BCUT2D eigenvalue weighted by molar-refractivity contribution is 6.08. The molecule has 2 rings (SSSR count). The van der Waals surface area contributed by atoms with Crippen LogP contribution in [0.15, 0.2) is 24.3 Å². The highest BCUT2D eigenvalue weighted by atomic mass is 19.4. The Balaban J connectivity index is 2.05. The maximum absolute atomic E-state index is 12.7. The molecule has 1 aliphatic rings. The molecule has 154 valence electrons. The van der Waals surface area contributed by atoms with Crippen LogP contribution in [0.1, 0.15) is 24.0 Å². The molecule has 1 fully saturated rings. The summed E-state index contributed by atoms with van der Waals surface area (Å²) in [5, 5.41) is 9.52. The maximum Gasteiger partial charge on any atom is 0.416 e. The minimum atomic E-state index is -4.43. The number of hydrogen-bond donors (Lipinski definition) is 3. The number of aliphatic carboxylic acids is 1. The number of nitrogens with zero attached hydrogens (tertiary/aromatic N) is 1. The molecule has 1 aromatic carbocycles. The van der Waals surface area contributed by atoms with Gasteiger partial charge in [0.25, 0.3) is 0 Å². The first kappa shape index (κ1) is 22.2. The van der Waals surface area contributed by atoms with Gasteiger partial charge in [-0.05, 0) is 30.5 Å². The summed E-state index contributed by atoms with van der Waals surface area (Å²) in [6, 6.07) is 3.47. The molecule has 1 saturated heterocycles. The third kappa shape index (κ3) is 4.85. The first-order valence-corrected chi connectivity index (χ1v) is 9.21. The molecule has 10 heteroatoms. The van der Waals surface area contributed by atoms with Gasteiger partial charge in [0, 0.05) is 19.0 Å². The standard InChI is InChI=1S/C18H25BF3N3O3/c19-7-1-2-13-9-25(10-17(13,24)16(27)28)15(26)14(23)8-11-3-5-12(6-4-11)18(20,21)22/h3-6,13-14H,1-2,7-10,19,23-24H2,(H,27,28)/t13-,14?,17-/m0/s1. The van der Waals surface area contributed by atoms with Crippen LogP contribution in [0.5, 0.6) is 0 Å². The molecule has 0 bridgehead atoms. The number of amides is 1. The Morgan fingerprint density at radius 2 is 1.93 bits per heavy atom. The molecule has 5 N–H and O–H groups in total. The van der Waals surface area contributed by atoms with Crippen LogP contribution in [-0.2, 0) is 22.2 Å². The van der Waals surface area contributed by atoms with Gasteiger partial charge in [-0.1, -0.05) is 24.9 Å². The lowest BCUT2D eigenvalue weighted by atomic mass is 9.83. The van der Waals surface area contributed by atoms with E-state index >= 15 is 0 Å². The highest BCUT2D eigenvalue weighted by Gasteiger charge is 2.50. The molecule has 1 aromatic rings. The van der Waals surface area contributed by atoms with Gasteiger partial charge >= 0.3 is 12.1 Å². The van der Waals surface area contributed by atoms with Crippen molar-refractivity contribution in [1.82, 2.24) is 4.90 Å². The van der Waals surface area contributed by atoms with Crippen LogP contribution in [0, 0.1) is 5.92 Å². The van der Waals surface area contributed by atoms with Crippen molar-refractivity contribution in [2.24, 2.45) is 17.4 Å². The summed E-state index contributed by atoms with van der Waals surface area (Å²) in [5.41, 5.74) is 10.3. The van der Waals surface area contributed by atoms with Crippen LogP contribution in [0.2, 0.25) is 6.32 Å². The van der Waals surface area contributed by atoms with E-state index in [-0.39, 0.29) is 25.4 Å². The molecule has 1 aliphatic heterocycles. The smallest absolute Gasteiger partial charge is 0.416 e. The second kappa shape index (κ2) is 8.52. The quantitative estimate of drug-likeness (QED) is 0.584. The van der Waals surface area contributed by atoms with Crippen LogP contribution < -0.4 is 11.5 Å². The van der Waals surface area contributed by atoms with Crippen molar-refractivity contribution in [2.45, 2.75) is 43.3 Å². The van der Waals surface area contributed by atoms with Crippen molar-refractivity contribution in [1.29, 1.82) is 0 Å². The fourth-order valence-electron chi connectivity index (χ4n) is 3.55. The maximum atomic E-state index is 12.7. The number of benzene rings is 1. The van der Waals surface area contributed by atoms with Crippen LogP contribution in [-0.4, -0.2) is 54.4 Å². The Labute approximate surface area is 162 Å². The van der Waals surface area contributed by atoms with Gasteiger partial charge in [-0.25, -0.2) is 0 Å². The average molecular weight is 399 g/mol. The van der Waals surface area contributed by atoms with E-state index < -0.39 is 35.2 Å². The molecule has 0 saturated carbocycles. The van der Waals surface area contributed by atoms with Gasteiger partial charge in [-0.2, -0.15) is 13.2 Å². The highest BCUT2D eigenvalue weighted by Crippen LogP contribution is 2.31.